The number of aliphatic hydroxyl groups excluding tert-OH is 1. The van der Waals surface area contributed by atoms with Gasteiger partial charge < -0.3 is 5.11 Å². The molecule has 84 valence electrons. The minimum atomic E-state index is -0.589. The van der Waals surface area contributed by atoms with E-state index in [1.807, 2.05) is 13.8 Å². The van der Waals surface area contributed by atoms with E-state index < -0.39 is 17.7 Å². The molecular weight excluding hydrogens is 198 g/mol. The molecule has 0 aliphatic carbocycles. The Kier molecular flexibility index (Phi) is 4.21. The second kappa shape index (κ2) is 5.21. The van der Waals surface area contributed by atoms with E-state index in [2.05, 4.69) is 0 Å². The molecule has 0 radical (unpaired) electrons. The smallest absolute Gasteiger partial charge is 0.129 e. The van der Waals surface area contributed by atoms with Crippen LogP contribution >= 0.6 is 0 Å². The maximum Gasteiger partial charge on any atom is 0.129 e. The first-order chi connectivity index (χ1) is 7.04. The third-order valence-corrected chi connectivity index (χ3v) is 2.74. The van der Waals surface area contributed by atoms with E-state index in [1.54, 1.807) is 0 Å². The van der Waals surface area contributed by atoms with Gasteiger partial charge in [-0.2, -0.15) is 0 Å². The average Bonchev–Trinajstić information content (AvgIpc) is 2.20. The van der Waals surface area contributed by atoms with Gasteiger partial charge in [-0.25, -0.2) is 8.78 Å². The molecule has 0 aliphatic rings. The third kappa shape index (κ3) is 3.27. The van der Waals surface area contributed by atoms with Crippen molar-refractivity contribution < 1.29 is 13.9 Å². The molecule has 1 rings (SSSR count). The van der Waals surface area contributed by atoms with Gasteiger partial charge in [0.15, 0.2) is 0 Å². The van der Waals surface area contributed by atoms with Crippen LogP contribution in [0.1, 0.15) is 25.8 Å². The zero-order valence-electron chi connectivity index (χ0n) is 9.00. The Labute approximate surface area is 88.7 Å². The molecular formula is C12H16F2O. The highest BCUT2D eigenvalue weighted by Crippen LogP contribution is 2.16. The number of aliphatic hydroxyl groups is 1. The number of rotatable bonds is 4. The van der Waals surface area contributed by atoms with Crippen LogP contribution in [0.25, 0.3) is 0 Å². The molecule has 2 unspecified atom stereocenters. The van der Waals surface area contributed by atoms with Crippen LogP contribution < -0.4 is 0 Å². The lowest BCUT2D eigenvalue weighted by Crippen LogP contribution is -2.20. The Hall–Kier alpha value is -0.960. The molecule has 0 fully saturated rings. The lowest BCUT2D eigenvalue weighted by atomic mass is 9.95. The van der Waals surface area contributed by atoms with Crippen molar-refractivity contribution in [1.29, 1.82) is 0 Å². The average molecular weight is 214 g/mol. The second-order valence-electron chi connectivity index (χ2n) is 3.89. The Morgan fingerprint density at radius 1 is 1.33 bits per heavy atom. The molecule has 0 saturated carbocycles. The first-order valence-corrected chi connectivity index (χ1v) is 5.16. The monoisotopic (exact) mass is 214 g/mol. The Balaban J connectivity index is 2.72. The summed E-state index contributed by atoms with van der Waals surface area (Å²) < 4.78 is 25.8. The van der Waals surface area contributed by atoms with Crippen molar-refractivity contribution in [2.45, 2.75) is 32.8 Å². The molecule has 1 aromatic rings. The normalized spacial score (nSPS) is 15.0. The molecule has 0 aliphatic heterocycles. The predicted molar refractivity (Wildman–Crippen MR) is 55.5 cm³/mol. The van der Waals surface area contributed by atoms with E-state index in [4.69, 9.17) is 0 Å². The van der Waals surface area contributed by atoms with Crippen molar-refractivity contribution >= 4 is 0 Å². The summed E-state index contributed by atoms with van der Waals surface area (Å²) in [4.78, 5) is 0. The summed E-state index contributed by atoms with van der Waals surface area (Å²) in [6, 6.07) is 3.44. The summed E-state index contributed by atoms with van der Waals surface area (Å²) in [7, 11) is 0. The first-order valence-electron chi connectivity index (χ1n) is 5.16. The van der Waals surface area contributed by atoms with E-state index in [0.717, 1.165) is 12.5 Å². The summed E-state index contributed by atoms with van der Waals surface area (Å²) in [5, 5.41) is 9.70. The SMILES string of the molecule is CCC(C)C(O)Cc1ccc(F)cc1F. The van der Waals surface area contributed by atoms with Crippen LogP contribution in [0.5, 0.6) is 0 Å². The minimum Gasteiger partial charge on any atom is -0.393 e. The van der Waals surface area contributed by atoms with E-state index in [-0.39, 0.29) is 12.3 Å². The third-order valence-electron chi connectivity index (χ3n) is 2.74. The van der Waals surface area contributed by atoms with Gasteiger partial charge in [0.25, 0.3) is 0 Å². The van der Waals surface area contributed by atoms with Crippen molar-refractivity contribution in [3.05, 3.63) is 35.4 Å². The van der Waals surface area contributed by atoms with Crippen molar-refractivity contribution in [3.8, 4) is 0 Å². The maximum absolute atomic E-state index is 13.2. The number of benzene rings is 1. The second-order valence-corrected chi connectivity index (χ2v) is 3.89. The minimum absolute atomic E-state index is 0.120. The molecule has 2 atom stereocenters. The maximum atomic E-state index is 13.2. The molecule has 0 saturated heterocycles. The van der Waals surface area contributed by atoms with Crippen LogP contribution in [0, 0.1) is 17.6 Å². The highest BCUT2D eigenvalue weighted by atomic mass is 19.1. The quantitative estimate of drug-likeness (QED) is 0.817. The zero-order valence-corrected chi connectivity index (χ0v) is 9.00. The highest BCUT2D eigenvalue weighted by Gasteiger charge is 2.15. The van der Waals surface area contributed by atoms with E-state index in [0.29, 0.717) is 5.56 Å². The van der Waals surface area contributed by atoms with Crippen LogP contribution in [-0.4, -0.2) is 11.2 Å². The summed E-state index contributed by atoms with van der Waals surface area (Å²) in [6.45, 7) is 3.88. The first kappa shape index (κ1) is 12.1. The fraction of sp³-hybridized carbons (Fsp3) is 0.500. The summed E-state index contributed by atoms with van der Waals surface area (Å²) >= 11 is 0. The summed E-state index contributed by atoms with van der Waals surface area (Å²) in [5.74, 6) is -1.05. The van der Waals surface area contributed by atoms with Gasteiger partial charge in [0.05, 0.1) is 6.10 Å². The van der Waals surface area contributed by atoms with Crippen LogP contribution in [0.15, 0.2) is 18.2 Å². The van der Waals surface area contributed by atoms with E-state index >= 15 is 0 Å². The molecule has 1 N–H and O–H groups in total. The lowest BCUT2D eigenvalue weighted by molar-refractivity contribution is 0.114. The van der Waals surface area contributed by atoms with Crippen LogP contribution in [0.3, 0.4) is 0 Å². The molecule has 3 heteroatoms. The molecule has 0 heterocycles. The van der Waals surface area contributed by atoms with Crippen LogP contribution in [0.4, 0.5) is 8.78 Å². The van der Waals surface area contributed by atoms with Crippen molar-refractivity contribution in [2.75, 3.05) is 0 Å². The van der Waals surface area contributed by atoms with E-state index in [9.17, 15) is 13.9 Å². The van der Waals surface area contributed by atoms with Gasteiger partial charge in [0, 0.05) is 12.5 Å². The topological polar surface area (TPSA) is 20.2 Å². The van der Waals surface area contributed by atoms with Gasteiger partial charge in [-0.15, -0.1) is 0 Å². The van der Waals surface area contributed by atoms with Gasteiger partial charge in [-0.3, -0.25) is 0 Å². The largest absolute Gasteiger partial charge is 0.393 e. The van der Waals surface area contributed by atoms with Gasteiger partial charge in [0.1, 0.15) is 11.6 Å². The van der Waals surface area contributed by atoms with Crippen LogP contribution in [-0.2, 0) is 6.42 Å². The molecule has 0 spiro atoms. The Morgan fingerprint density at radius 2 is 2.00 bits per heavy atom. The summed E-state index contributed by atoms with van der Waals surface area (Å²) in [5.41, 5.74) is 0.365. The number of hydrogen-bond acceptors (Lipinski definition) is 1. The van der Waals surface area contributed by atoms with Gasteiger partial charge in [-0.1, -0.05) is 26.3 Å². The standard InChI is InChI=1S/C12H16F2O/c1-3-8(2)12(15)6-9-4-5-10(13)7-11(9)14/h4-5,7-8,12,15H,3,6H2,1-2H3. The Bertz CT molecular complexity index is 325. The van der Waals surface area contributed by atoms with Crippen LogP contribution in [0.2, 0.25) is 0 Å². The fourth-order valence-electron chi connectivity index (χ4n) is 1.39. The summed E-state index contributed by atoms with van der Waals surface area (Å²) in [6.07, 6.45) is 0.500. The van der Waals surface area contributed by atoms with Crippen molar-refractivity contribution in [1.82, 2.24) is 0 Å². The Morgan fingerprint density at radius 3 is 2.53 bits per heavy atom. The molecule has 0 bridgehead atoms. The van der Waals surface area contributed by atoms with Gasteiger partial charge >= 0.3 is 0 Å². The predicted octanol–water partition coefficient (Wildman–Crippen LogP) is 2.91. The number of halogens is 2. The number of hydrogen-bond donors (Lipinski definition) is 1. The molecule has 1 aromatic carbocycles. The zero-order chi connectivity index (χ0) is 11.4. The highest BCUT2D eigenvalue weighted by molar-refractivity contribution is 5.19. The molecule has 0 aromatic heterocycles. The fourth-order valence-corrected chi connectivity index (χ4v) is 1.39. The molecule has 15 heavy (non-hydrogen) atoms. The van der Waals surface area contributed by atoms with Gasteiger partial charge in [-0.05, 0) is 17.5 Å². The molecule has 1 nitrogen and oxygen atoms in total. The lowest BCUT2D eigenvalue weighted by Gasteiger charge is -2.17. The van der Waals surface area contributed by atoms with Crippen molar-refractivity contribution in [3.63, 3.8) is 0 Å². The van der Waals surface area contributed by atoms with Crippen molar-refractivity contribution in [2.24, 2.45) is 5.92 Å². The molecule has 0 amide bonds. The van der Waals surface area contributed by atoms with Gasteiger partial charge in [0.2, 0.25) is 0 Å². The van der Waals surface area contributed by atoms with E-state index in [1.165, 1.54) is 12.1 Å².